The molecular weight excluding hydrogens is 212 g/mol. The Kier molecular flexibility index (Phi) is 3.08. The second-order valence-corrected chi connectivity index (χ2v) is 4.98. The summed E-state index contributed by atoms with van der Waals surface area (Å²) in [5.74, 6) is 1.13. The summed E-state index contributed by atoms with van der Waals surface area (Å²) < 4.78 is 5.73. The molecule has 0 aliphatic heterocycles. The average molecular weight is 230 g/mol. The first-order chi connectivity index (χ1) is 8.05. The second kappa shape index (κ2) is 4.38. The number of aryl methyl sites for hydroxylation is 2. The fourth-order valence-corrected chi connectivity index (χ4v) is 1.90. The van der Waals surface area contributed by atoms with Crippen molar-refractivity contribution in [2.75, 3.05) is 6.61 Å². The maximum Gasteiger partial charge on any atom is 0.141 e. The minimum absolute atomic E-state index is 0.276. The van der Waals surface area contributed by atoms with Crippen LogP contribution in [0.4, 0.5) is 0 Å². The van der Waals surface area contributed by atoms with E-state index >= 15 is 0 Å². The topological polar surface area (TPSA) is 59.0 Å². The van der Waals surface area contributed by atoms with Crippen molar-refractivity contribution in [2.45, 2.75) is 32.2 Å². The Morgan fingerprint density at radius 1 is 1.47 bits per heavy atom. The molecule has 0 aromatic heterocycles. The van der Waals surface area contributed by atoms with Crippen LogP contribution in [-0.2, 0) is 0 Å². The third-order valence-corrected chi connectivity index (χ3v) is 3.32. The van der Waals surface area contributed by atoms with Crippen molar-refractivity contribution in [1.82, 2.24) is 0 Å². The molecule has 0 bridgehead atoms. The van der Waals surface area contributed by atoms with Gasteiger partial charge in [-0.05, 0) is 49.8 Å². The zero-order valence-electron chi connectivity index (χ0n) is 10.4. The van der Waals surface area contributed by atoms with E-state index < -0.39 is 5.54 Å². The molecule has 1 aromatic carbocycles. The van der Waals surface area contributed by atoms with Crippen molar-refractivity contribution >= 4 is 0 Å². The van der Waals surface area contributed by atoms with Crippen molar-refractivity contribution in [1.29, 1.82) is 5.26 Å². The van der Waals surface area contributed by atoms with Crippen LogP contribution in [0.3, 0.4) is 0 Å². The van der Waals surface area contributed by atoms with Gasteiger partial charge < -0.3 is 10.5 Å². The molecule has 90 valence electrons. The molecule has 0 radical (unpaired) electrons. The van der Waals surface area contributed by atoms with E-state index in [0.29, 0.717) is 5.92 Å². The number of nitrogens with zero attached hydrogens (tertiary/aromatic N) is 1. The molecule has 0 saturated heterocycles. The summed E-state index contributed by atoms with van der Waals surface area (Å²) in [6.45, 7) is 4.29. The number of rotatable bonds is 4. The second-order valence-electron chi connectivity index (χ2n) is 4.98. The van der Waals surface area contributed by atoms with Gasteiger partial charge in [0, 0.05) is 0 Å². The third-order valence-electron chi connectivity index (χ3n) is 3.32. The van der Waals surface area contributed by atoms with Crippen LogP contribution in [0.15, 0.2) is 18.2 Å². The molecule has 1 unspecified atom stereocenters. The Morgan fingerprint density at radius 3 is 2.76 bits per heavy atom. The molecule has 1 aliphatic rings. The minimum Gasteiger partial charge on any atom is -0.490 e. The van der Waals surface area contributed by atoms with Gasteiger partial charge in [-0.15, -0.1) is 0 Å². The van der Waals surface area contributed by atoms with Crippen LogP contribution in [-0.4, -0.2) is 12.1 Å². The number of hydrogen-bond donors (Lipinski definition) is 1. The van der Waals surface area contributed by atoms with Gasteiger partial charge in [0.15, 0.2) is 0 Å². The summed E-state index contributed by atoms with van der Waals surface area (Å²) >= 11 is 0. The van der Waals surface area contributed by atoms with Crippen molar-refractivity contribution < 1.29 is 4.74 Å². The van der Waals surface area contributed by atoms with Crippen molar-refractivity contribution in [3.05, 3.63) is 29.3 Å². The SMILES string of the molecule is Cc1ccc(C)c(OCC(N)(C#N)C2CC2)c1. The summed E-state index contributed by atoms with van der Waals surface area (Å²) in [6.07, 6.45) is 2.08. The quantitative estimate of drug-likeness (QED) is 0.863. The van der Waals surface area contributed by atoms with Crippen LogP contribution >= 0.6 is 0 Å². The highest BCUT2D eigenvalue weighted by Crippen LogP contribution is 2.38. The standard InChI is InChI=1S/C14H18N2O/c1-10-3-4-11(2)13(7-10)17-9-14(16,8-15)12-5-6-12/h3-4,7,12H,5-6,9,16H2,1-2H3. The molecule has 1 saturated carbocycles. The van der Waals surface area contributed by atoms with E-state index in [9.17, 15) is 0 Å². The number of nitriles is 1. The Labute approximate surface area is 102 Å². The lowest BCUT2D eigenvalue weighted by atomic mass is 9.98. The van der Waals surface area contributed by atoms with E-state index in [1.54, 1.807) is 0 Å². The van der Waals surface area contributed by atoms with Gasteiger partial charge in [-0.25, -0.2) is 0 Å². The molecule has 0 heterocycles. The number of hydrogen-bond acceptors (Lipinski definition) is 3. The Morgan fingerprint density at radius 2 is 2.18 bits per heavy atom. The van der Waals surface area contributed by atoms with Gasteiger partial charge in [-0.3, -0.25) is 0 Å². The van der Waals surface area contributed by atoms with Crippen LogP contribution in [0, 0.1) is 31.1 Å². The zero-order chi connectivity index (χ0) is 12.5. The molecule has 1 fully saturated rings. The lowest BCUT2D eigenvalue weighted by molar-refractivity contribution is 0.235. The zero-order valence-corrected chi connectivity index (χ0v) is 10.4. The fraction of sp³-hybridized carbons (Fsp3) is 0.500. The molecule has 2 N–H and O–H groups in total. The van der Waals surface area contributed by atoms with E-state index in [0.717, 1.165) is 29.7 Å². The molecular formula is C14H18N2O. The van der Waals surface area contributed by atoms with Gasteiger partial charge in [0.05, 0.1) is 6.07 Å². The number of nitrogens with two attached hydrogens (primary N) is 1. The van der Waals surface area contributed by atoms with Gasteiger partial charge in [0.1, 0.15) is 17.9 Å². The van der Waals surface area contributed by atoms with E-state index in [-0.39, 0.29) is 6.61 Å². The molecule has 17 heavy (non-hydrogen) atoms. The van der Waals surface area contributed by atoms with Crippen LogP contribution < -0.4 is 10.5 Å². The van der Waals surface area contributed by atoms with Crippen LogP contribution in [0.5, 0.6) is 5.75 Å². The van der Waals surface area contributed by atoms with E-state index in [2.05, 4.69) is 6.07 Å². The number of benzene rings is 1. The average Bonchev–Trinajstić information content (AvgIpc) is 3.14. The fourth-order valence-electron chi connectivity index (χ4n) is 1.90. The summed E-state index contributed by atoms with van der Waals surface area (Å²) in [6, 6.07) is 8.25. The van der Waals surface area contributed by atoms with Gasteiger partial charge in [-0.2, -0.15) is 5.26 Å². The summed E-state index contributed by atoms with van der Waals surface area (Å²) in [5.41, 5.74) is 7.45. The largest absolute Gasteiger partial charge is 0.490 e. The molecule has 3 heteroatoms. The predicted molar refractivity (Wildman–Crippen MR) is 66.7 cm³/mol. The van der Waals surface area contributed by atoms with Crippen molar-refractivity contribution in [3.8, 4) is 11.8 Å². The van der Waals surface area contributed by atoms with E-state index in [4.69, 9.17) is 15.7 Å². The highest BCUT2D eigenvalue weighted by Gasteiger charge is 2.43. The molecule has 1 atom stereocenters. The monoisotopic (exact) mass is 230 g/mol. The Bertz CT molecular complexity index is 460. The lowest BCUT2D eigenvalue weighted by Crippen LogP contribution is -2.46. The highest BCUT2D eigenvalue weighted by atomic mass is 16.5. The maximum atomic E-state index is 9.14. The van der Waals surface area contributed by atoms with Crippen LogP contribution in [0.2, 0.25) is 0 Å². The molecule has 3 nitrogen and oxygen atoms in total. The normalized spacial score (nSPS) is 18.2. The van der Waals surface area contributed by atoms with Crippen molar-refractivity contribution in [2.24, 2.45) is 11.7 Å². The van der Waals surface area contributed by atoms with Crippen LogP contribution in [0.25, 0.3) is 0 Å². The summed E-state index contributed by atoms with van der Waals surface area (Å²) in [4.78, 5) is 0. The highest BCUT2D eigenvalue weighted by molar-refractivity contribution is 5.36. The van der Waals surface area contributed by atoms with Crippen LogP contribution in [0.1, 0.15) is 24.0 Å². The first-order valence-electron chi connectivity index (χ1n) is 5.95. The first kappa shape index (κ1) is 11.9. The van der Waals surface area contributed by atoms with E-state index in [1.807, 2.05) is 32.0 Å². The maximum absolute atomic E-state index is 9.14. The molecule has 1 aliphatic carbocycles. The van der Waals surface area contributed by atoms with Gasteiger partial charge in [-0.1, -0.05) is 12.1 Å². The predicted octanol–water partition coefficient (Wildman–Crippen LogP) is 2.31. The number of ether oxygens (including phenoxy) is 1. The van der Waals surface area contributed by atoms with Gasteiger partial charge in [0.2, 0.25) is 0 Å². The third kappa shape index (κ3) is 2.59. The first-order valence-corrected chi connectivity index (χ1v) is 5.95. The van der Waals surface area contributed by atoms with Crippen molar-refractivity contribution in [3.63, 3.8) is 0 Å². The summed E-state index contributed by atoms with van der Waals surface area (Å²) in [5, 5.41) is 9.14. The Hall–Kier alpha value is -1.53. The molecule has 0 amide bonds. The van der Waals surface area contributed by atoms with E-state index in [1.165, 1.54) is 0 Å². The lowest BCUT2D eigenvalue weighted by Gasteiger charge is -2.22. The van der Waals surface area contributed by atoms with Gasteiger partial charge in [0.25, 0.3) is 0 Å². The Balaban J connectivity index is 2.06. The molecule has 2 rings (SSSR count). The minimum atomic E-state index is -0.823. The van der Waals surface area contributed by atoms with Gasteiger partial charge >= 0.3 is 0 Å². The summed E-state index contributed by atoms with van der Waals surface area (Å²) in [7, 11) is 0. The molecule has 0 spiro atoms. The smallest absolute Gasteiger partial charge is 0.141 e. The molecule has 1 aromatic rings.